The number of rotatable bonds is 9. The van der Waals surface area contributed by atoms with Crippen molar-refractivity contribution in [2.24, 2.45) is 0 Å². The summed E-state index contributed by atoms with van der Waals surface area (Å²) in [5, 5.41) is 5.88. The van der Waals surface area contributed by atoms with Crippen molar-refractivity contribution >= 4 is 28.9 Å². The van der Waals surface area contributed by atoms with Gasteiger partial charge in [0.05, 0.1) is 30.5 Å². The van der Waals surface area contributed by atoms with Crippen molar-refractivity contribution in [3.63, 3.8) is 0 Å². The fourth-order valence-corrected chi connectivity index (χ4v) is 7.82. The number of hydrogen-bond donors (Lipinski definition) is 2. The minimum Gasteiger partial charge on any atom is -0.494 e. The number of anilines is 4. The maximum absolute atomic E-state index is 14.0. The highest BCUT2D eigenvalue weighted by Crippen LogP contribution is 2.36. The van der Waals surface area contributed by atoms with Gasteiger partial charge in [0.1, 0.15) is 5.75 Å². The number of nitrogens with one attached hydrogen (secondary N) is 2. The van der Waals surface area contributed by atoms with Crippen molar-refractivity contribution in [1.29, 1.82) is 0 Å². The molecule has 10 nitrogen and oxygen atoms in total. The third-order valence-electron chi connectivity index (χ3n) is 10.5. The number of piperidine rings is 1. The van der Waals surface area contributed by atoms with E-state index in [0.29, 0.717) is 35.6 Å². The number of methoxy groups -OCH3 is 1. The largest absolute Gasteiger partial charge is 0.494 e. The first kappa shape index (κ1) is 33.6. The van der Waals surface area contributed by atoms with Gasteiger partial charge in [0, 0.05) is 75.1 Å². The lowest BCUT2D eigenvalue weighted by atomic mass is 9.98. The first-order valence-corrected chi connectivity index (χ1v) is 17.3. The van der Waals surface area contributed by atoms with Crippen LogP contribution in [-0.4, -0.2) is 97.4 Å². The van der Waals surface area contributed by atoms with Crippen LogP contribution in [0, 0.1) is 0 Å². The Kier molecular flexibility index (Phi) is 9.93. The van der Waals surface area contributed by atoms with Crippen molar-refractivity contribution in [3.05, 3.63) is 65.0 Å². The molecule has 0 saturated carbocycles. The van der Waals surface area contributed by atoms with E-state index in [-0.39, 0.29) is 30.4 Å². The summed E-state index contributed by atoms with van der Waals surface area (Å²) in [6.45, 7) is 7.94. The highest BCUT2D eigenvalue weighted by molar-refractivity contribution is 5.99. The van der Waals surface area contributed by atoms with Crippen LogP contribution >= 0.6 is 0 Å². The van der Waals surface area contributed by atoms with Gasteiger partial charge in [0.2, 0.25) is 11.9 Å². The van der Waals surface area contributed by atoms with Gasteiger partial charge < -0.3 is 29.9 Å². The van der Waals surface area contributed by atoms with Gasteiger partial charge in [-0.1, -0.05) is 12.1 Å². The zero-order chi connectivity index (χ0) is 34.0. The number of ether oxygens (including phenoxy) is 2. The van der Waals surface area contributed by atoms with E-state index in [1.54, 1.807) is 19.2 Å². The number of likely N-dealkylation sites (tertiary alicyclic amines) is 1. The van der Waals surface area contributed by atoms with Crippen LogP contribution in [0.1, 0.15) is 48.1 Å². The topological polar surface area (TPSA) is 95.1 Å². The van der Waals surface area contributed by atoms with Crippen molar-refractivity contribution in [1.82, 2.24) is 19.8 Å². The number of hydrogen-bond acceptors (Lipinski definition) is 9. The maximum atomic E-state index is 14.0. The third-order valence-corrected chi connectivity index (χ3v) is 10.5. The summed E-state index contributed by atoms with van der Waals surface area (Å²) in [4.78, 5) is 27.9. The number of carbonyl (C=O) groups is 1. The van der Waals surface area contributed by atoms with Gasteiger partial charge >= 0.3 is 6.18 Å². The minimum atomic E-state index is -4.60. The number of fused-ring (bicyclic) bond motifs is 1. The average Bonchev–Trinajstić information content (AvgIpc) is 3.52. The number of amides is 1. The number of piperazine rings is 1. The van der Waals surface area contributed by atoms with Gasteiger partial charge in [-0.25, -0.2) is 9.97 Å². The van der Waals surface area contributed by atoms with Crippen molar-refractivity contribution in [2.45, 2.75) is 63.2 Å². The molecule has 0 atom stereocenters. The summed E-state index contributed by atoms with van der Waals surface area (Å²) < 4.78 is 53.2. The second-order valence-electron chi connectivity index (χ2n) is 13.4. The molecule has 1 amide bonds. The Labute approximate surface area is 285 Å². The molecule has 1 aromatic heterocycles. The average molecular weight is 680 g/mol. The molecular formula is C36H44F3N7O3. The summed E-state index contributed by atoms with van der Waals surface area (Å²) in [6, 6.07) is 12.6. The molecule has 0 bridgehead atoms. The third kappa shape index (κ3) is 7.63. The standard InChI is InChI=1S/C36H44F3N7O3/c1-48-33-21-27(46-17-15-45(16-18-46)25-9-13-44(14-10-25)26-11-19-49-20-12-26)6-8-32(33)43-35-40-23-29(36(37,38)39)31(42-35)7-5-24-3-2-4-30-28(24)22-34(47)41-30/h2-4,6,8,21,23,25-26H,5,7,9-20,22H2,1H3,(H,41,47)(H,40,42,43). The van der Waals surface area contributed by atoms with E-state index in [9.17, 15) is 18.0 Å². The van der Waals surface area contributed by atoms with Gasteiger partial charge in [-0.05, 0) is 80.9 Å². The van der Waals surface area contributed by atoms with Crippen LogP contribution < -0.4 is 20.3 Å². The predicted octanol–water partition coefficient (Wildman–Crippen LogP) is 5.29. The minimum absolute atomic E-state index is 0.0355. The highest BCUT2D eigenvalue weighted by atomic mass is 19.4. The summed E-state index contributed by atoms with van der Waals surface area (Å²) in [6.07, 6.45) is 1.52. The molecule has 5 heterocycles. The lowest BCUT2D eigenvalue weighted by Crippen LogP contribution is -2.54. The van der Waals surface area contributed by atoms with E-state index in [0.717, 1.165) is 75.2 Å². The van der Waals surface area contributed by atoms with Crippen LogP contribution in [0.3, 0.4) is 0 Å². The predicted molar refractivity (Wildman–Crippen MR) is 182 cm³/mol. The molecular weight excluding hydrogens is 635 g/mol. The lowest BCUT2D eigenvalue weighted by Gasteiger charge is -2.45. The smallest absolute Gasteiger partial charge is 0.419 e. The first-order valence-electron chi connectivity index (χ1n) is 17.3. The Morgan fingerprint density at radius 3 is 2.43 bits per heavy atom. The van der Waals surface area contributed by atoms with Crippen LogP contribution in [-0.2, 0) is 35.0 Å². The quantitative estimate of drug-likeness (QED) is 0.313. The van der Waals surface area contributed by atoms with Crippen LogP contribution in [0.25, 0.3) is 0 Å². The van der Waals surface area contributed by atoms with E-state index in [4.69, 9.17) is 9.47 Å². The van der Waals surface area contributed by atoms with E-state index >= 15 is 0 Å². The van der Waals surface area contributed by atoms with Crippen LogP contribution in [0.15, 0.2) is 42.6 Å². The fourth-order valence-electron chi connectivity index (χ4n) is 7.82. The van der Waals surface area contributed by atoms with E-state index in [1.165, 1.54) is 25.9 Å². The lowest BCUT2D eigenvalue weighted by molar-refractivity contribution is -0.138. The molecule has 4 aliphatic rings. The van der Waals surface area contributed by atoms with E-state index in [1.807, 2.05) is 24.3 Å². The number of aromatic nitrogens is 2. The van der Waals surface area contributed by atoms with Crippen molar-refractivity contribution in [2.75, 3.05) is 75.1 Å². The van der Waals surface area contributed by atoms with Crippen LogP contribution in [0.4, 0.5) is 36.2 Å². The molecule has 0 spiro atoms. The number of benzene rings is 2. The Hall–Kier alpha value is -3.94. The van der Waals surface area contributed by atoms with E-state index in [2.05, 4.69) is 35.3 Å². The Balaban J connectivity index is 0.982. The molecule has 3 aromatic rings. The Bertz CT molecular complexity index is 1630. The van der Waals surface area contributed by atoms with E-state index < -0.39 is 11.7 Å². The second-order valence-corrected chi connectivity index (χ2v) is 13.4. The Morgan fingerprint density at radius 1 is 0.959 bits per heavy atom. The van der Waals surface area contributed by atoms with Crippen LogP contribution in [0.5, 0.6) is 5.75 Å². The van der Waals surface area contributed by atoms with Crippen molar-refractivity contribution in [3.8, 4) is 5.75 Å². The molecule has 2 N–H and O–H groups in total. The molecule has 7 rings (SSSR count). The first-order chi connectivity index (χ1) is 23.7. The summed E-state index contributed by atoms with van der Waals surface area (Å²) in [7, 11) is 1.58. The van der Waals surface area contributed by atoms with Gasteiger partial charge in [-0.3, -0.25) is 9.69 Å². The molecule has 262 valence electrons. The number of aryl methyl sites for hydroxylation is 2. The highest BCUT2D eigenvalue weighted by Gasteiger charge is 2.35. The second kappa shape index (κ2) is 14.5. The number of alkyl halides is 3. The number of halogens is 3. The van der Waals surface area contributed by atoms with Gasteiger partial charge in [-0.15, -0.1) is 0 Å². The molecule has 0 aliphatic carbocycles. The number of carbonyl (C=O) groups excluding carboxylic acids is 1. The molecule has 0 unspecified atom stereocenters. The zero-order valence-corrected chi connectivity index (χ0v) is 27.9. The molecule has 13 heteroatoms. The maximum Gasteiger partial charge on any atom is 0.419 e. The monoisotopic (exact) mass is 679 g/mol. The molecule has 3 fully saturated rings. The molecule has 0 radical (unpaired) electrons. The number of nitrogens with zero attached hydrogens (tertiary/aromatic N) is 5. The molecule has 2 aromatic carbocycles. The molecule has 4 aliphatic heterocycles. The van der Waals surface area contributed by atoms with Crippen LogP contribution in [0.2, 0.25) is 0 Å². The molecule has 3 saturated heterocycles. The SMILES string of the molecule is COc1cc(N2CCN(C3CCN(C4CCOCC4)CC3)CC2)ccc1Nc1ncc(C(F)(F)F)c(CCc2cccc3c2CC(=O)N3)n1. The Morgan fingerprint density at radius 2 is 1.69 bits per heavy atom. The molecule has 49 heavy (non-hydrogen) atoms. The van der Waals surface area contributed by atoms with Gasteiger partial charge in [0.15, 0.2) is 0 Å². The fraction of sp³-hybridized carbons (Fsp3) is 0.528. The summed E-state index contributed by atoms with van der Waals surface area (Å²) >= 11 is 0. The summed E-state index contributed by atoms with van der Waals surface area (Å²) in [5.41, 5.74) is 2.99. The normalized spacial score (nSPS) is 19.9. The van der Waals surface area contributed by atoms with Gasteiger partial charge in [-0.2, -0.15) is 13.2 Å². The zero-order valence-electron chi connectivity index (χ0n) is 27.9. The van der Waals surface area contributed by atoms with Gasteiger partial charge in [0.25, 0.3) is 0 Å². The van der Waals surface area contributed by atoms with Crippen molar-refractivity contribution < 1.29 is 27.4 Å². The summed E-state index contributed by atoms with van der Waals surface area (Å²) in [5.74, 6) is 0.495.